The zero-order valence-corrected chi connectivity index (χ0v) is 10.4. The fourth-order valence-corrected chi connectivity index (χ4v) is 1.78. The van der Waals surface area contributed by atoms with Crippen LogP contribution in [-0.4, -0.2) is 26.5 Å². The normalized spacial score (nSPS) is 10.6. The molecule has 0 aliphatic rings. The lowest BCUT2D eigenvalue weighted by Gasteiger charge is -2.03. The number of methoxy groups -OCH3 is 1. The monoisotopic (exact) mass is 255 g/mol. The van der Waals surface area contributed by atoms with Gasteiger partial charge in [0, 0.05) is 24.7 Å². The molecule has 0 fully saturated rings. The minimum Gasteiger partial charge on any atom is -0.481 e. The van der Waals surface area contributed by atoms with Crippen molar-refractivity contribution in [1.82, 2.24) is 19.4 Å². The summed E-state index contributed by atoms with van der Waals surface area (Å²) >= 11 is 0. The van der Waals surface area contributed by atoms with Crippen LogP contribution >= 0.6 is 0 Å². The summed E-state index contributed by atoms with van der Waals surface area (Å²) in [5.74, 6) is 1.06. The molecule has 19 heavy (non-hydrogen) atoms. The molecular formula is C13H13N5O. The summed E-state index contributed by atoms with van der Waals surface area (Å²) in [6, 6.07) is 7.60. The Morgan fingerprint density at radius 3 is 3.05 bits per heavy atom. The number of anilines is 1. The van der Waals surface area contributed by atoms with Gasteiger partial charge in [0.2, 0.25) is 11.8 Å². The number of imidazole rings is 1. The molecule has 0 aliphatic heterocycles. The average Bonchev–Trinajstić information content (AvgIpc) is 2.88. The Bertz CT molecular complexity index is 661. The Labute approximate surface area is 110 Å². The summed E-state index contributed by atoms with van der Waals surface area (Å²) in [6.07, 6.45) is 5.59. The summed E-state index contributed by atoms with van der Waals surface area (Å²) in [6.45, 7) is 0.564. The first kappa shape index (κ1) is 11.5. The smallest absolute Gasteiger partial charge is 0.226 e. The molecule has 0 amide bonds. The van der Waals surface area contributed by atoms with Crippen LogP contribution in [0.25, 0.3) is 5.65 Å². The van der Waals surface area contributed by atoms with Crippen molar-refractivity contribution in [2.24, 2.45) is 0 Å². The molecule has 0 unspecified atom stereocenters. The van der Waals surface area contributed by atoms with E-state index in [1.807, 2.05) is 35.0 Å². The van der Waals surface area contributed by atoms with Crippen molar-refractivity contribution in [3.63, 3.8) is 0 Å². The Hall–Kier alpha value is -2.63. The van der Waals surface area contributed by atoms with Gasteiger partial charge in [-0.25, -0.2) is 9.97 Å². The number of aromatic nitrogens is 4. The van der Waals surface area contributed by atoms with E-state index in [9.17, 15) is 0 Å². The fraction of sp³-hybridized carbons (Fsp3) is 0.154. The number of fused-ring (bicyclic) bond motifs is 1. The third-order valence-electron chi connectivity index (χ3n) is 2.68. The zero-order chi connectivity index (χ0) is 13.1. The zero-order valence-electron chi connectivity index (χ0n) is 10.4. The van der Waals surface area contributed by atoms with Gasteiger partial charge < -0.3 is 14.5 Å². The maximum atomic E-state index is 5.04. The second-order valence-corrected chi connectivity index (χ2v) is 3.97. The number of ether oxygens (including phenoxy) is 1. The molecule has 6 nitrogen and oxygen atoms in total. The van der Waals surface area contributed by atoms with E-state index < -0.39 is 0 Å². The van der Waals surface area contributed by atoms with E-state index in [1.54, 1.807) is 19.4 Å². The Morgan fingerprint density at radius 1 is 1.26 bits per heavy atom. The molecule has 1 N–H and O–H groups in total. The van der Waals surface area contributed by atoms with Crippen molar-refractivity contribution < 1.29 is 4.74 Å². The van der Waals surface area contributed by atoms with Crippen molar-refractivity contribution in [3.05, 3.63) is 48.5 Å². The molecule has 0 spiro atoms. The SMILES string of the molecule is COc1ccnc(NCc2cn3ccccc3n2)n1. The standard InChI is InChI=1S/C13H13N5O/c1-19-12-5-6-14-13(17-12)15-8-10-9-18-7-3-2-4-11(18)16-10/h2-7,9H,8H2,1H3,(H,14,15,17). The molecule has 3 aromatic heterocycles. The van der Waals surface area contributed by atoms with E-state index >= 15 is 0 Å². The number of rotatable bonds is 4. The minimum atomic E-state index is 0.524. The lowest BCUT2D eigenvalue weighted by Crippen LogP contribution is -2.04. The molecule has 96 valence electrons. The Kier molecular flexibility index (Phi) is 2.97. The maximum Gasteiger partial charge on any atom is 0.226 e. The molecule has 0 bridgehead atoms. The van der Waals surface area contributed by atoms with Gasteiger partial charge in [-0.1, -0.05) is 6.07 Å². The summed E-state index contributed by atoms with van der Waals surface area (Å²) in [7, 11) is 1.58. The summed E-state index contributed by atoms with van der Waals surface area (Å²) in [4.78, 5) is 12.8. The van der Waals surface area contributed by atoms with E-state index in [0.29, 0.717) is 18.4 Å². The highest BCUT2D eigenvalue weighted by atomic mass is 16.5. The third-order valence-corrected chi connectivity index (χ3v) is 2.68. The minimum absolute atomic E-state index is 0.524. The second kappa shape index (κ2) is 4.93. The highest BCUT2D eigenvalue weighted by molar-refractivity contribution is 5.40. The van der Waals surface area contributed by atoms with Crippen molar-refractivity contribution in [2.45, 2.75) is 6.54 Å². The Morgan fingerprint density at radius 2 is 2.21 bits per heavy atom. The fourth-order valence-electron chi connectivity index (χ4n) is 1.78. The summed E-state index contributed by atoms with van der Waals surface area (Å²) in [5, 5.41) is 3.12. The third kappa shape index (κ3) is 2.47. The first-order chi connectivity index (χ1) is 9.35. The topological polar surface area (TPSA) is 64.3 Å². The predicted molar refractivity (Wildman–Crippen MR) is 71.1 cm³/mol. The van der Waals surface area contributed by atoms with Gasteiger partial charge in [0.15, 0.2) is 0 Å². The van der Waals surface area contributed by atoms with Gasteiger partial charge in [0.25, 0.3) is 0 Å². The van der Waals surface area contributed by atoms with Gasteiger partial charge in [-0.05, 0) is 12.1 Å². The van der Waals surface area contributed by atoms with Crippen molar-refractivity contribution >= 4 is 11.6 Å². The average molecular weight is 255 g/mol. The van der Waals surface area contributed by atoms with Gasteiger partial charge >= 0.3 is 0 Å². The van der Waals surface area contributed by atoms with E-state index in [4.69, 9.17) is 4.74 Å². The van der Waals surface area contributed by atoms with E-state index in [2.05, 4.69) is 20.3 Å². The largest absolute Gasteiger partial charge is 0.481 e. The molecule has 6 heteroatoms. The molecule has 0 radical (unpaired) electrons. The van der Waals surface area contributed by atoms with Crippen LogP contribution in [0.15, 0.2) is 42.9 Å². The van der Waals surface area contributed by atoms with Crippen LogP contribution in [-0.2, 0) is 6.54 Å². The van der Waals surface area contributed by atoms with Crippen LogP contribution < -0.4 is 10.1 Å². The van der Waals surface area contributed by atoms with Crippen molar-refractivity contribution in [2.75, 3.05) is 12.4 Å². The first-order valence-corrected chi connectivity index (χ1v) is 5.89. The number of nitrogens with zero attached hydrogens (tertiary/aromatic N) is 4. The van der Waals surface area contributed by atoms with Crippen LogP contribution in [0.5, 0.6) is 5.88 Å². The number of pyridine rings is 1. The van der Waals surface area contributed by atoms with Crippen LogP contribution in [0.3, 0.4) is 0 Å². The molecule has 0 atom stereocenters. The first-order valence-electron chi connectivity index (χ1n) is 5.89. The molecular weight excluding hydrogens is 242 g/mol. The number of hydrogen-bond donors (Lipinski definition) is 1. The van der Waals surface area contributed by atoms with Gasteiger partial charge in [-0.2, -0.15) is 4.98 Å². The van der Waals surface area contributed by atoms with Gasteiger partial charge in [0.1, 0.15) is 5.65 Å². The molecule has 3 aromatic rings. The molecule has 0 aliphatic carbocycles. The van der Waals surface area contributed by atoms with Gasteiger partial charge in [-0.3, -0.25) is 0 Å². The van der Waals surface area contributed by atoms with E-state index in [1.165, 1.54) is 0 Å². The van der Waals surface area contributed by atoms with E-state index in [0.717, 1.165) is 11.3 Å². The van der Waals surface area contributed by atoms with Crippen LogP contribution in [0, 0.1) is 0 Å². The van der Waals surface area contributed by atoms with Crippen molar-refractivity contribution in [3.8, 4) is 5.88 Å². The maximum absolute atomic E-state index is 5.04. The predicted octanol–water partition coefficient (Wildman–Crippen LogP) is 1.74. The lowest BCUT2D eigenvalue weighted by atomic mass is 10.5. The van der Waals surface area contributed by atoms with E-state index in [-0.39, 0.29) is 0 Å². The Balaban J connectivity index is 1.74. The molecule has 3 rings (SSSR count). The van der Waals surface area contributed by atoms with Gasteiger partial charge in [-0.15, -0.1) is 0 Å². The lowest BCUT2D eigenvalue weighted by molar-refractivity contribution is 0.397. The summed E-state index contributed by atoms with van der Waals surface area (Å²) in [5.41, 5.74) is 1.85. The molecule has 0 saturated heterocycles. The quantitative estimate of drug-likeness (QED) is 0.769. The number of hydrogen-bond acceptors (Lipinski definition) is 5. The van der Waals surface area contributed by atoms with Crippen LogP contribution in [0.4, 0.5) is 5.95 Å². The van der Waals surface area contributed by atoms with Crippen LogP contribution in [0.1, 0.15) is 5.69 Å². The van der Waals surface area contributed by atoms with Crippen LogP contribution in [0.2, 0.25) is 0 Å². The summed E-state index contributed by atoms with van der Waals surface area (Å²) < 4.78 is 7.02. The second-order valence-electron chi connectivity index (χ2n) is 3.97. The highest BCUT2D eigenvalue weighted by Crippen LogP contribution is 2.09. The molecule has 0 aromatic carbocycles. The highest BCUT2D eigenvalue weighted by Gasteiger charge is 2.02. The molecule has 0 saturated carbocycles. The van der Waals surface area contributed by atoms with Gasteiger partial charge in [0.05, 0.1) is 19.3 Å². The molecule has 3 heterocycles. The van der Waals surface area contributed by atoms with Crippen molar-refractivity contribution in [1.29, 1.82) is 0 Å². The number of nitrogens with one attached hydrogen (secondary N) is 1.